The largest absolute Gasteiger partial charge is 0.497 e. The predicted molar refractivity (Wildman–Crippen MR) is 68.0 cm³/mol. The van der Waals surface area contributed by atoms with Gasteiger partial charge in [0.05, 0.1) is 7.11 Å². The number of rotatable bonds is 5. The van der Waals surface area contributed by atoms with E-state index in [1.54, 1.807) is 12.1 Å². The van der Waals surface area contributed by atoms with Crippen LogP contribution in [-0.2, 0) is 6.54 Å². The first-order chi connectivity index (χ1) is 8.74. The van der Waals surface area contributed by atoms with Crippen molar-refractivity contribution in [3.8, 4) is 5.75 Å². The number of benzene rings is 1. The molecule has 0 aromatic heterocycles. The quantitative estimate of drug-likeness (QED) is 0.844. The molecule has 1 aliphatic carbocycles. The van der Waals surface area contributed by atoms with Crippen molar-refractivity contribution in [2.24, 2.45) is 5.92 Å². The van der Waals surface area contributed by atoms with Gasteiger partial charge in [-0.3, -0.25) is 0 Å². The van der Waals surface area contributed by atoms with Crippen LogP contribution in [0.1, 0.15) is 24.8 Å². The van der Waals surface area contributed by atoms with Crippen LogP contribution in [0.4, 0.5) is 4.39 Å². The molecule has 2 unspecified atom stereocenters. The minimum atomic E-state index is -0.250. The fourth-order valence-electron chi connectivity index (χ4n) is 2.56. The zero-order valence-corrected chi connectivity index (χ0v) is 10.7. The molecule has 1 aliphatic rings. The highest BCUT2D eigenvalue weighted by atomic mass is 19.1. The van der Waals surface area contributed by atoms with Crippen LogP contribution in [0.3, 0.4) is 0 Å². The Bertz CT molecular complexity index is 397. The van der Waals surface area contributed by atoms with E-state index in [-0.39, 0.29) is 12.4 Å². The zero-order chi connectivity index (χ0) is 13.0. The minimum absolute atomic E-state index is 0.211. The van der Waals surface area contributed by atoms with E-state index in [0.717, 1.165) is 19.3 Å². The van der Waals surface area contributed by atoms with Gasteiger partial charge in [-0.05, 0) is 24.8 Å². The average Bonchev–Trinajstić information content (AvgIpc) is 2.84. The van der Waals surface area contributed by atoms with Gasteiger partial charge in [-0.2, -0.15) is 0 Å². The predicted octanol–water partition coefficient (Wildman–Crippen LogP) is 2.08. The highest BCUT2D eigenvalue weighted by Gasteiger charge is 2.26. The van der Waals surface area contributed by atoms with Gasteiger partial charge in [0.15, 0.2) is 0 Å². The van der Waals surface area contributed by atoms with E-state index < -0.39 is 0 Å². The van der Waals surface area contributed by atoms with Crippen LogP contribution in [0.2, 0.25) is 0 Å². The molecule has 1 aromatic carbocycles. The fraction of sp³-hybridized carbons (Fsp3) is 0.571. The minimum Gasteiger partial charge on any atom is -0.497 e. The van der Waals surface area contributed by atoms with E-state index in [1.165, 1.54) is 13.2 Å². The van der Waals surface area contributed by atoms with Gasteiger partial charge in [-0.1, -0.05) is 12.5 Å². The molecule has 1 fully saturated rings. The van der Waals surface area contributed by atoms with Crippen LogP contribution in [0.25, 0.3) is 0 Å². The van der Waals surface area contributed by atoms with Gasteiger partial charge in [0.2, 0.25) is 0 Å². The average molecular weight is 253 g/mol. The second-order valence-electron chi connectivity index (χ2n) is 4.82. The molecule has 0 amide bonds. The number of aliphatic hydroxyl groups is 1. The van der Waals surface area contributed by atoms with Gasteiger partial charge in [0.1, 0.15) is 11.6 Å². The summed E-state index contributed by atoms with van der Waals surface area (Å²) in [7, 11) is 1.52. The standard InChI is InChI=1S/C14H20FNO2/c1-18-12-6-5-10(13(15)7-12)8-16-14-4-2-3-11(14)9-17/h5-7,11,14,16-17H,2-4,8-9H2,1H3. The molecule has 4 heteroatoms. The van der Waals surface area contributed by atoms with Crippen molar-refractivity contribution in [1.29, 1.82) is 0 Å². The number of methoxy groups -OCH3 is 1. The Kier molecular flexibility index (Phi) is 4.55. The van der Waals surface area contributed by atoms with Gasteiger partial charge in [0, 0.05) is 30.8 Å². The first kappa shape index (κ1) is 13.3. The molecule has 3 nitrogen and oxygen atoms in total. The lowest BCUT2D eigenvalue weighted by atomic mass is 10.0. The molecule has 2 rings (SSSR count). The molecule has 0 radical (unpaired) electrons. The zero-order valence-electron chi connectivity index (χ0n) is 10.7. The highest BCUT2D eigenvalue weighted by Crippen LogP contribution is 2.25. The van der Waals surface area contributed by atoms with Crippen molar-refractivity contribution in [3.05, 3.63) is 29.6 Å². The lowest BCUT2D eigenvalue weighted by Crippen LogP contribution is -2.33. The summed E-state index contributed by atoms with van der Waals surface area (Å²) in [4.78, 5) is 0. The molecular weight excluding hydrogens is 233 g/mol. The molecule has 1 aromatic rings. The number of aliphatic hydroxyl groups excluding tert-OH is 1. The highest BCUT2D eigenvalue weighted by molar-refractivity contribution is 5.28. The van der Waals surface area contributed by atoms with Crippen LogP contribution in [-0.4, -0.2) is 24.9 Å². The van der Waals surface area contributed by atoms with Gasteiger partial charge in [-0.15, -0.1) is 0 Å². The van der Waals surface area contributed by atoms with Gasteiger partial charge in [0.25, 0.3) is 0 Å². The third-order valence-corrected chi connectivity index (χ3v) is 3.71. The molecule has 2 N–H and O–H groups in total. The van der Waals surface area contributed by atoms with E-state index >= 15 is 0 Å². The molecule has 0 heterocycles. The van der Waals surface area contributed by atoms with Crippen LogP contribution in [0.5, 0.6) is 5.75 Å². The maximum atomic E-state index is 13.7. The summed E-state index contributed by atoms with van der Waals surface area (Å²) < 4.78 is 18.7. The first-order valence-electron chi connectivity index (χ1n) is 6.41. The maximum absolute atomic E-state index is 13.7. The lowest BCUT2D eigenvalue weighted by molar-refractivity contribution is 0.205. The van der Waals surface area contributed by atoms with E-state index in [2.05, 4.69) is 5.32 Å². The van der Waals surface area contributed by atoms with Crippen LogP contribution < -0.4 is 10.1 Å². The molecule has 100 valence electrons. The molecule has 0 saturated heterocycles. The number of hydrogen-bond acceptors (Lipinski definition) is 3. The van der Waals surface area contributed by atoms with Crippen molar-refractivity contribution in [2.45, 2.75) is 31.8 Å². The van der Waals surface area contributed by atoms with Crippen LogP contribution in [0, 0.1) is 11.7 Å². The summed E-state index contributed by atoms with van der Waals surface area (Å²) in [5.41, 5.74) is 0.638. The van der Waals surface area contributed by atoms with Crippen molar-refractivity contribution in [1.82, 2.24) is 5.32 Å². The number of hydrogen-bond donors (Lipinski definition) is 2. The van der Waals surface area contributed by atoms with Crippen molar-refractivity contribution < 1.29 is 14.2 Å². The van der Waals surface area contributed by atoms with Crippen molar-refractivity contribution in [2.75, 3.05) is 13.7 Å². The van der Waals surface area contributed by atoms with E-state index in [1.807, 2.05) is 0 Å². The number of nitrogens with one attached hydrogen (secondary N) is 1. The molecule has 18 heavy (non-hydrogen) atoms. The molecule has 0 aliphatic heterocycles. The Morgan fingerprint density at radius 1 is 1.44 bits per heavy atom. The third kappa shape index (κ3) is 3.00. The Morgan fingerprint density at radius 3 is 2.94 bits per heavy atom. The lowest BCUT2D eigenvalue weighted by Gasteiger charge is -2.19. The Hall–Kier alpha value is -1.13. The second kappa shape index (κ2) is 6.16. The van der Waals surface area contributed by atoms with E-state index in [9.17, 15) is 9.50 Å². The summed E-state index contributed by atoms with van der Waals surface area (Å²) >= 11 is 0. The smallest absolute Gasteiger partial charge is 0.131 e. The van der Waals surface area contributed by atoms with E-state index in [0.29, 0.717) is 29.8 Å². The van der Waals surface area contributed by atoms with Gasteiger partial charge >= 0.3 is 0 Å². The summed E-state index contributed by atoms with van der Waals surface area (Å²) in [6, 6.07) is 5.20. The van der Waals surface area contributed by atoms with Gasteiger partial charge < -0.3 is 15.2 Å². The Balaban J connectivity index is 1.93. The Morgan fingerprint density at radius 2 is 2.28 bits per heavy atom. The third-order valence-electron chi connectivity index (χ3n) is 3.71. The van der Waals surface area contributed by atoms with Crippen molar-refractivity contribution >= 4 is 0 Å². The van der Waals surface area contributed by atoms with Crippen molar-refractivity contribution in [3.63, 3.8) is 0 Å². The second-order valence-corrected chi connectivity index (χ2v) is 4.82. The van der Waals surface area contributed by atoms with Crippen LogP contribution >= 0.6 is 0 Å². The normalized spacial score (nSPS) is 23.3. The summed E-state index contributed by atoms with van der Waals surface area (Å²) in [5.74, 6) is 0.594. The summed E-state index contributed by atoms with van der Waals surface area (Å²) in [6.45, 7) is 0.708. The van der Waals surface area contributed by atoms with E-state index in [4.69, 9.17) is 4.74 Å². The first-order valence-corrected chi connectivity index (χ1v) is 6.41. The number of ether oxygens (including phenoxy) is 1. The van der Waals surface area contributed by atoms with Gasteiger partial charge in [-0.25, -0.2) is 4.39 Å². The number of halogens is 1. The summed E-state index contributed by atoms with van der Waals surface area (Å²) in [6.07, 6.45) is 3.25. The van der Waals surface area contributed by atoms with Crippen LogP contribution in [0.15, 0.2) is 18.2 Å². The Labute approximate surface area is 107 Å². The fourth-order valence-corrected chi connectivity index (χ4v) is 2.56. The monoisotopic (exact) mass is 253 g/mol. The molecular formula is C14H20FNO2. The topological polar surface area (TPSA) is 41.5 Å². The molecule has 0 bridgehead atoms. The maximum Gasteiger partial charge on any atom is 0.131 e. The SMILES string of the molecule is COc1ccc(CNC2CCCC2CO)c(F)c1. The molecule has 0 spiro atoms. The molecule has 2 atom stereocenters. The molecule has 1 saturated carbocycles. The summed E-state index contributed by atoms with van der Waals surface area (Å²) in [5, 5.41) is 12.6.